The van der Waals surface area contributed by atoms with Crippen molar-refractivity contribution in [1.82, 2.24) is 20.2 Å². The molecule has 1 aromatic heterocycles. The Bertz CT molecular complexity index is 901. The molecular weight excluding hydrogens is 399 g/mol. The van der Waals surface area contributed by atoms with E-state index in [-0.39, 0.29) is 12.6 Å². The van der Waals surface area contributed by atoms with Gasteiger partial charge in [0.05, 0.1) is 11.6 Å². The van der Waals surface area contributed by atoms with Crippen molar-refractivity contribution < 1.29 is 13.9 Å². The molecule has 2 aliphatic rings. The molecule has 2 N–H and O–H groups in total. The normalized spacial score (nSPS) is 19.8. The lowest BCUT2D eigenvalue weighted by Gasteiger charge is -2.27. The van der Waals surface area contributed by atoms with Crippen molar-refractivity contribution in [2.45, 2.75) is 32.0 Å². The minimum atomic E-state index is -0.609. The van der Waals surface area contributed by atoms with Crippen LogP contribution in [0.15, 0.2) is 36.5 Å². The van der Waals surface area contributed by atoms with Crippen LogP contribution in [0, 0.1) is 0 Å². The standard InChI is InChI=1S/C22H29FN6O2/c1-22(2)15-31-21(30)29(22)19-7-8-25-20(27-19)26-18(13-23)17-5-3-16(4-6-17)14-28-11-9-24-10-12-28/h3-8,18,24H,9-15H2,1-2H3,(H,25,26,27). The van der Waals surface area contributed by atoms with E-state index in [4.69, 9.17) is 4.74 Å². The van der Waals surface area contributed by atoms with Crippen LogP contribution in [-0.2, 0) is 11.3 Å². The molecule has 0 bridgehead atoms. The number of piperazine rings is 1. The van der Waals surface area contributed by atoms with Gasteiger partial charge >= 0.3 is 6.09 Å². The average molecular weight is 429 g/mol. The molecule has 31 heavy (non-hydrogen) atoms. The SMILES string of the molecule is CC1(C)COC(=O)N1c1ccnc(NC(CF)c2ccc(CN3CCNCC3)cc2)n1. The number of carbonyl (C=O) groups excluding carboxylic acids is 1. The summed E-state index contributed by atoms with van der Waals surface area (Å²) in [5.74, 6) is 0.689. The van der Waals surface area contributed by atoms with E-state index in [0.717, 1.165) is 38.3 Å². The molecule has 2 aromatic rings. The summed E-state index contributed by atoms with van der Waals surface area (Å²) in [5.41, 5.74) is 1.51. The van der Waals surface area contributed by atoms with Crippen molar-refractivity contribution in [3.05, 3.63) is 47.7 Å². The summed E-state index contributed by atoms with van der Waals surface area (Å²) in [6, 6.07) is 9.04. The van der Waals surface area contributed by atoms with Crippen molar-refractivity contribution in [1.29, 1.82) is 0 Å². The highest BCUT2D eigenvalue weighted by Crippen LogP contribution is 2.29. The van der Waals surface area contributed by atoms with Crippen LogP contribution in [0.5, 0.6) is 0 Å². The maximum Gasteiger partial charge on any atom is 0.416 e. The second-order valence-corrected chi connectivity index (χ2v) is 8.56. The van der Waals surface area contributed by atoms with Gasteiger partial charge in [-0.1, -0.05) is 24.3 Å². The Morgan fingerprint density at radius 1 is 1.23 bits per heavy atom. The van der Waals surface area contributed by atoms with Crippen molar-refractivity contribution in [3.8, 4) is 0 Å². The summed E-state index contributed by atoms with van der Waals surface area (Å²) >= 11 is 0. The molecule has 2 saturated heterocycles. The lowest BCUT2D eigenvalue weighted by atomic mass is 10.1. The second-order valence-electron chi connectivity index (χ2n) is 8.56. The zero-order valence-electron chi connectivity index (χ0n) is 18.0. The Morgan fingerprint density at radius 2 is 1.97 bits per heavy atom. The van der Waals surface area contributed by atoms with Gasteiger partial charge in [-0.15, -0.1) is 0 Å². The van der Waals surface area contributed by atoms with Crippen LogP contribution < -0.4 is 15.5 Å². The van der Waals surface area contributed by atoms with Crippen LogP contribution in [-0.4, -0.2) is 66.0 Å². The van der Waals surface area contributed by atoms with Crippen LogP contribution in [0.4, 0.5) is 21.0 Å². The molecule has 1 atom stereocenters. The summed E-state index contributed by atoms with van der Waals surface area (Å²) < 4.78 is 19.0. The first-order valence-electron chi connectivity index (χ1n) is 10.6. The van der Waals surface area contributed by atoms with Crippen LogP contribution in [0.2, 0.25) is 0 Å². The maximum atomic E-state index is 13.9. The summed E-state index contributed by atoms with van der Waals surface area (Å²) in [6.45, 7) is 8.46. The maximum absolute atomic E-state index is 13.9. The van der Waals surface area contributed by atoms with Crippen molar-refractivity contribution in [3.63, 3.8) is 0 Å². The fourth-order valence-electron chi connectivity index (χ4n) is 3.91. The van der Waals surface area contributed by atoms with Gasteiger partial charge in [0.2, 0.25) is 5.95 Å². The smallest absolute Gasteiger partial charge is 0.416 e. The van der Waals surface area contributed by atoms with Crippen LogP contribution in [0.25, 0.3) is 0 Å². The molecule has 1 aromatic carbocycles. The number of hydrogen-bond acceptors (Lipinski definition) is 7. The van der Waals surface area contributed by atoms with E-state index in [2.05, 4.69) is 25.5 Å². The molecule has 0 spiro atoms. The molecule has 1 unspecified atom stereocenters. The van der Waals surface area contributed by atoms with Gasteiger partial charge in [-0.25, -0.2) is 14.2 Å². The fourth-order valence-corrected chi connectivity index (χ4v) is 3.91. The van der Waals surface area contributed by atoms with Crippen LogP contribution in [0.1, 0.15) is 31.0 Å². The number of aromatic nitrogens is 2. The predicted octanol–water partition coefficient (Wildman–Crippen LogP) is 2.74. The molecule has 2 fully saturated rings. The third-order valence-electron chi connectivity index (χ3n) is 5.66. The number of hydrogen-bond donors (Lipinski definition) is 2. The van der Waals surface area contributed by atoms with E-state index in [1.54, 1.807) is 12.3 Å². The first-order valence-corrected chi connectivity index (χ1v) is 10.6. The van der Waals surface area contributed by atoms with Gasteiger partial charge in [0, 0.05) is 38.9 Å². The van der Waals surface area contributed by atoms with Gasteiger partial charge in [-0.05, 0) is 31.0 Å². The number of nitrogens with one attached hydrogen (secondary N) is 2. The molecule has 9 heteroatoms. The fraction of sp³-hybridized carbons (Fsp3) is 0.500. The Kier molecular flexibility index (Phi) is 6.33. The monoisotopic (exact) mass is 428 g/mol. The van der Waals surface area contributed by atoms with Gasteiger partial charge in [0.15, 0.2) is 0 Å². The third kappa shape index (κ3) is 4.94. The first kappa shape index (κ1) is 21.5. The topological polar surface area (TPSA) is 82.6 Å². The zero-order valence-corrected chi connectivity index (χ0v) is 18.0. The molecular formula is C22H29FN6O2. The van der Waals surface area contributed by atoms with Gasteiger partial charge < -0.3 is 15.4 Å². The van der Waals surface area contributed by atoms with Crippen LogP contribution >= 0.6 is 0 Å². The lowest BCUT2D eigenvalue weighted by Crippen LogP contribution is -2.42. The number of amides is 1. The Balaban J connectivity index is 1.45. The Hall–Kier alpha value is -2.78. The van der Waals surface area contributed by atoms with Gasteiger partial charge in [0.25, 0.3) is 0 Å². The Morgan fingerprint density at radius 3 is 2.61 bits per heavy atom. The third-order valence-corrected chi connectivity index (χ3v) is 5.66. The minimum absolute atomic E-state index is 0.264. The van der Waals surface area contributed by atoms with Crippen molar-refractivity contribution in [2.75, 3.05) is 49.7 Å². The number of carbonyl (C=O) groups is 1. The molecule has 0 aliphatic carbocycles. The number of nitrogens with zero attached hydrogens (tertiary/aromatic N) is 4. The number of anilines is 2. The average Bonchev–Trinajstić information content (AvgIpc) is 3.06. The number of ether oxygens (including phenoxy) is 1. The highest BCUT2D eigenvalue weighted by atomic mass is 19.1. The zero-order chi connectivity index (χ0) is 21.8. The predicted molar refractivity (Wildman–Crippen MR) is 117 cm³/mol. The lowest BCUT2D eigenvalue weighted by molar-refractivity contribution is 0.175. The molecule has 8 nitrogen and oxygen atoms in total. The van der Waals surface area contributed by atoms with E-state index in [0.29, 0.717) is 5.82 Å². The molecule has 0 radical (unpaired) electrons. The molecule has 4 rings (SSSR count). The number of rotatable bonds is 7. The van der Waals surface area contributed by atoms with E-state index in [1.165, 1.54) is 10.5 Å². The summed E-state index contributed by atoms with van der Waals surface area (Å²) in [7, 11) is 0. The van der Waals surface area contributed by atoms with E-state index in [1.807, 2.05) is 38.1 Å². The van der Waals surface area contributed by atoms with E-state index >= 15 is 0 Å². The number of alkyl halides is 1. The largest absolute Gasteiger partial charge is 0.447 e. The molecule has 1 amide bonds. The number of halogens is 1. The minimum Gasteiger partial charge on any atom is -0.447 e. The number of cyclic esters (lactones) is 1. The molecule has 166 valence electrons. The highest BCUT2D eigenvalue weighted by Gasteiger charge is 2.41. The highest BCUT2D eigenvalue weighted by molar-refractivity contribution is 5.90. The van der Waals surface area contributed by atoms with E-state index < -0.39 is 24.3 Å². The second kappa shape index (κ2) is 9.15. The van der Waals surface area contributed by atoms with Gasteiger partial charge in [-0.2, -0.15) is 4.98 Å². The summed E-state index contributed by atoms with van der Waals surface area (Å²) in [4.78, 5) is 24.7. The van der Waals surface area contributed by atoms with Crippen LogP contribution in [0.3, 0.4) is 0 Å². The number of benzene rings is 1. The van der Waals surface area contributed by atoms with Gasteiger partial charge in [0.1, 0.15) is 19.1 Å². The summed E-state index contributed by atoms with van der Waals surface area (Å²) in [6.07, 6.45) is 1.11. The molecule has 2 aliphatic heterocycles. The quantitative estimate of drug-likeness (QED) is 0.702. The van der Waals surface area contributed by atoms with Crippen molar-refractivity contribution >= 4 is 17.9 Å². The molecule has 3 heterocycles. The first-order chi connectivity index (χ1) is 15.0. The Labute approximate surface area is 181 Å². The molecule has 0 saturated carbocycles. The van der Waals surface area contributed by atoms with Gasteiger partial charge in [-0.3, -0.25) is 9.80 Å². The summed E-state index contributed by atoms with van der Waals surface area (Å²) in [5, 5.41) is 6.41. The van der Waals surface area contributed by atoms with Crippen molar-refractivity contribution in [2.24, 2.45) is 0 Å². The van der Waals surface area contributed by atoms with E-state index in [9.17, 15) is 9.18 Å².